The lowest BCUT2D eigenvalue weighted by Gasteiger charge is -2.07. The van der Waals surface area contributed by atoms with Crippen molar-refractivity contribution >= 4 is 18.3 Å². The van der Waals surface area contributed by atoms with Crippen LogP contribution in [0.2, 0.25) is 0 Å². The number of hydrogen-bond acceptors (Lipinski definition) is 3. The van der Waals surface area contributed by atoms with Gasteiger partial charge < -0.3 is 15.4 Å². The van der Waals surface area contributed by atoms with E-state index in [0.29, 0.717) is 25.3 Å². The first-order valence-corrected chi connectivity index (χ1v) is 6.03. The monoisotopic (exact) mass is 308 g/mol. The zero-order chi connectivity index (χ0) is 14.1. The predicted octanol–water partition coefficient (Wildman–Crippen LogP) is 1.28. The SMILES string of the molecule is COCCNCCNC(=O)Cc1ccc(F)c(F)c1.Cl. The summed E-state index contributed by atoms with van der Waals surface area (Å²) in [4.78, 5) is 11.5. The van der Waals surface area contributed by atoms with Crippen LogP contribution in [0.3, 0.4) is 0 Å². The van der Waals surface area contributed by atoms with Crippen molar-refractivity contribution in [3.63, 3.8) is 0 Å². The Morgan fingerprint density at radius 2 is 1.95 bits per heavy atom. The first kappa shape index (κ1) is 18.8. The molecule has 0 saturated heterocycles. The van der Waals surface area contributed by atoms with Crippen LogP contribution in [0, 0.1) is 11.6 Å². The second-order valence-corrected chi connectivity index (χ2v) is 4.02. The van der Waals surface area contributed by atoms with E-state index < -0.39 is 11.6 Å². The van der Waals surface area contributed by atoms with E-state index in [4.69, 9.17) is 4.74 Å². The van der Waals surface area contributed by atoms with Gasteiger partial charge in [0, 0.05) is 26.7 Å². The van der Waals surface area contributed by atoms with Gasteiger partial charge in [0.05, 0.1) is 13.0 Å². The summed E-state index contributed by atoms with van der Waals surface area (Å²) in [5.41, 5.74) is 0.448. The Bertz CT molecular complexity index is 419. The van der Waals surface area contributed by atoms with Crippen molar-refractivity contribution < 1.29 is 18.3 Å². The molecule has 0 saturated carbocycles. The smallest absolute Gasteiger partial charge is 0.224 e. The molecule has 0 spiro atoms. The molecule has 1 aromatic rings. The zero-order valence-corrected chi connectivity index (χ0v) is 12.1. The van der Waals surface area contributed by atoms with Gasteiger partial charge in [0.15, 0.2) is 11.6 Å². The summed E-state index contributed by atoms with van der Waals surface area (Å²) in [6.45, 7) is 2.44. The Kier molecular flexibility index (Phi) is 9.88. The lowest BCUT2D eigenvalue weighted by atomic mass is 10.1. The van der Waals surface area contributed by atoms with Crippen LogP contribution in [-0.2, 0) is 16.0 Å². The molecule has 7 heteroatoms. The highest BCUT2D eigenvalue weighted by molar-refractivity contribution is 5.85. The zero-order valence-electron chi connectivity index (χ0n) is 11.2. The number of amides is 1. The van der Waals surface area contributed by atoms with Crippen molar-refractivity contribution in [3.05, 3.63) is 35.4 Å². The first-order chi connectivity index (χ1) is 9.13. The van der Waals surface area contributed by atoms with E-state index >= 15 is 0 Å². The van der Waals surface area contributed by atoms with Crippen molar-refractivity contribution in [1.82, 2.24) is 10.6 Å². The van der Waals surface area contributed by atoms with Crippen LogP contribution in [0.15, 0.2) is 18.2 Å². The van der Waals surface area contributed by atoms with E-state index in [1.165, 1.54) is 6.07 Å². The average Bonchev–Trinajstić information content (AvgIpc) is 2.38. The van der Waals surface area contributed by atoms with E-state index in [2.05, 4.69) is 10.6 Å². The fourth-order valence-corrected chi connectivity index (χ4v) is 1.49. The van der Waals surface area contributed by atoms with Gasteiger partial charge in [-0.3, -0.25) is 4.79 Å². The van der Waals surface area contributed by atoms with Gasteiger partial charge in [0.25, 0.3) is 0 Å². The van der Waals surface area contributed by atoms with Gasteiger partial charge in [-0.1, -0.05) is 6.07 Å². The summed E-state index contributed by atoms with van der Waals surface area (Å²) in [5, 5.41) is 5.76. The van der Waals surface area contributed by atoms with Gasteiger partial charge in [-0.25, -0.2) is 8.78 Å². The molecule has 0 aliphatic heterocycles. The molecule has 0 radical (unpaired) electrons. The number of ether oxygens (including phenoxy) is 1. The Morgan fingerprint density at radius 3 is 2.60 bits per heavy atom. The number of hydrogen-bond donors (Lipinski definition) is 2. The summed E-state index contributed by atoms with van der Waals surface area (Å²) in [5.74, 6) is -2.07. The van der Waals surface area contributed by atoms with Gasteiger partial charge in [-0.05, 0) is 17.7 Å². The van der Waals surface area contributed by atoms with E-state index in [9.17, 15) is 13.6 Å². The molecule has 0 atom stereocenters. The van der Waals surface area contributed by atoms with Gasteiger partial charge in [-0.2, -0.15) is 0 Å². The third-order valence-electron chi connectivity index (χ3n) is 2.46. The van der Waals surface area contributed by atoms with E-state index in [0.717, 1.165) is 18.7 Å². The molecule has 0 heterocycles. The minimum Gasteiger partial charge on any atom is -0.383 e. The number of rotatable bonds is 8. The first-order valence-electron chi connectivity index (χ1n) is 6.03. The van der Waals surface area contributed by atoms with Crippen LogP contribution in [0.1, 0.15) is 5.56 Å². The Morgan fingerprint density at radius 1 is 1.20 bits per heavy atom. The minimum absolute atomic E-state index is 0. The standard InChI is InChI=1S/C13H18F2N2O2.ClH/c1-19-7-6-16-4-5-17-13(18)9-10-2-3-11(14)12(15)8-10;/h2-3,8,16H,4-7,9H2,1H3,(H,17,18);1H. The molecule has 0 unspecified atom stereocenters. The number of methoxy groups -OCH3 is 1. The molecule has 0 aromatic heterocycles. The van der Waals surface area contributed by atoms with Gasteiger partial charge >= 0.3 is 0 Å². The van der Waals surface area contributed by atoms with Gasteiger partial charge in [0.2, 0.25) is 5.91 Å². The fraction of sp³-hybridized carbons (Fsp3) is 0.462. The largest absolute Gasteiger partial charge is 0.383 e. The molecule has 1 amide bonds. The van der Waals surface area contributed by atoms with Crippen LogP contribution in [-0.4, -0.2) is 39.3 Å². The number of carbonyl (C=O) groups is 1. The average molecular weight is 309 g/mol. The maximum absolute atomic E-state index is 12.9. The summed E-state index contributed by atoms with van der Waals surface area (Å²) in [6, 6.07) is 3.45. The number of halogens is 3. The van der Waals surface area contributed by atoms with Crippen LogP contribution >= 0.6 is 12.4 Å². The van der Waals surface area contributed by atoms with Crippen molar-refractivity contribution in [3.8, 4) is 0 Å². The van der Waals surface area contributed by atoms with E-state index in [1.54, 1.807) is 7.11 Å². The molecular formula is C13H19ClF2N2O2. The number of carbonyl (C=O) groups excluding carboxylic acids is 1. The summed E-state index contributed by atoms with van der Waals surface area (Å²) >= 11 is 0. The fourth-order valence-electron chi connectivity index (χ4n) is 1.49. The summed E-state index contributed by atoms with van der Waals surface area (Å²) in [6.07, 6.45) is 0.0370. The molecule has 0 fully saturated rings. The molecule has 1 rings (SSSR count). The lowest BCUT2D eigenvalue weighted by molar-refractivity contribution is -0.120. The highest BCUT2D eigenvalue weighted by Gasteiger charge is 2.06. The maximum Gasteiger partial charge on any atom is 0.224 e. The molecular weight excluding hydrogens is 290 g/mol. The third kappa shape index (κ3) is 7.37. The predicted molar refractivity (Wildman–Crippen MR) is 75.1 cm³/mol. The third-order valence-corrected chi connectivity index (χ3v) is 2.46. The summed E-state index contributed by atoms with van der Waals surface area (Å²) in [7, 11) is 1.62. The van der Waals surface area contributed by atoms with Gasteiger partial charge in [-0.15, -0.1) is 12.4 Å². The molecule has 1 aromatic carbocycles. The van der Waals surface area contributed by atoms with E-state index in [-0.39, 0.29) is 24.7 Å². The highest BCUT2D eigenvalue weighted by Crippen LogP contribution is 2.08. The van der Waals surface area contributed by atoms with Crippen LogP contribution in [0.25, 0.3) is 0 Å². The normalized spacial score (nSPS) is 9.95. The van der Waals surface area contributed by atoms with Crippen LogP contribution in [0.4, 0.5) is 8.78 Å². The Hall–Kier alpha value is -1.24. The molecule has 114 valence electrons. The molecule has 4 nitrogen and oxygen atoms in total. The lowest BCUT2D eigenvalue weighted by Crippen LogP contribution is -2.33. The maximum atomic E-state index is 12.9. The Labute approximate surface area is 123 Å². The molecule has 20 heavy (non-hydrogen) atoms. The second kappa shape index (κ2) is 10.5. The number of benzene rings is 1. The van der Waals surface area contributed by atoms with Gasteiger partial charge in [0.1, 0.15) is 0 Å². The van der Waals surface area contributed by atoms with E-state index in [1.807, 2.05) is 0 Å². The van der Waals surface area contributed by atoms with Crippen molar-refractivity contribution in [2.75, 3.05) is 33.4 Å². The van der Waals surface area contributed by atoms with Crippen molar-refractivity contribution in [1.29, 1.82) is 0 Å². The molecule has 0 bridgehead atoms. The van der Waals surface area contributed by atoms with Crippen LogP contribution < -0.4 is 10.6 Å². The quantitative estimate of drug-likeness (QED) is 0.711. The molecule has 0 aliphatic carbocycles. The topological polar surface area (TPSA) is 50.4 Å². The highest BCUT2D eigenvalue weighted by atomic mass is 35.5. The molecule has 0 aliphatic rings. The van der Waals surface area contributed by atoms with Crippen molar-refractivity contribution in [2.45, 2.75) is 6.42 Å². The minimum atomic E-state index is -0.938. The summed E-state index contributed by atoms with van der Waals surface area (Å²) < 4.78 is 30.5. The molecule has 2 N–H and O–H groups in total. The Balaban J connectivity index is 0.00000361. The van der Waals surface area contributed by atoms with Crippen LogP contribution in [0.5, 0.6) is 0 Å². The number of nitrogens with one attached hydrogen (secondary N) is 2. The van der Waals surface area contributed by atoms with Crippen molar-refractivity contribution in [2.24, 2.45) is 0 Å². The second-order valence-electron chi connectivity index (χ2n) is 4.02.